The topological polar surface area (TPSA) is 43.1 Å². The molecule has 0 atom stereocenters. The first-order valence-corrected chi connectivity index (χ1v) is 11.2. The van der Waals surface area contributed by atoms with E-state index in [1.54, 1.807) is 12.1 Å². The SMILES string of the molecule is Clc1ccc(Cl)c(/C=C/c2nn3c(C(c4ccccc4)c4ccccc4)nnc3s2)c1. The van der Waals surface area contributed by atoms with Gasteiger partial charge < -0.3 is 0 Å². The molecule has 0 fully saturated rings. The van der Waals surface area contributed by atoms with E-state index in [-0.39, 0.29) is 5.92 Å². The van der Waals surface area contributed by atoms with E-state index in [4.69, 9.17) is 28.3 Å². The Morgan fingerprint density at radius 2 is 1.48 bits per heavy atom. The molecule has 152 valence electrons. The van der Waals surface area contributed by atoms with Crippen molar-refractivity contribution in [2.45, 2.75) is 5.92 Å². The molecular formula is C24H16Cl2N4S. The van der Waals surface area contributed by atoms with Crippen molar-refractivity contribution in [3.63, 3.8) is 0 Å². The molecule has 0 spiro atoms. The number of fused-ring (bicyclic) bond motifs is 1. The number of benzene rings is 3. The lowest BCUT2D eigenvalue weighted by Crippen LogP contribution is -2.08. The maximum Gasteiger partial charge on any atom is 0.234 e. The third-order valence-electron chi connectivity index (χ3n) is 4.92. The van der Waals surface area contributed by atoms with Gasteiger partial charge in [-0.2, -0.15) is 9.61 Å². The van der Waals surface area contributed by atoms with E-state index in [1.165, 1.54) is 11.3 Å². The van der Waals surface area contributed by atoms with Crippen LogP contribution in [0.4, 0.5) is 0 Å². The minimum atomic E-state index is -0.0706. The van der Waals surface area contributed by atoms with Crippen LogP contribution in [0.3, 0.4) is 0 Å². The lowest BCUT2D eigenvalue weighted by Gasteiger charge is -2.15. The predicted octanol–water partition coefficient (Wildman–Crippen LogP) is 6.84. The molecule has 2 heterocycles. The van der Waals surface area contributed by atoms with Crippen molar-refractivity contribution >= 4 is 51.7 Å². The van der Waals surface area contributed by atoms with Gasteiger partial charge in [-0.25, -0.2) is 0 Å². The predicted molar refractivity (Wildman–Crippen MR) is 128 cm³/mol. The molecule has 0 aliphatic carbocycles. The van der Waals surface area contributed by atoms with Crippen LogP contribution in [0.25, 0.3) is 17.1 Å². The molecule has 5 rings (SSSR count). The second-order valence-electron chi connectivity index (χ2n) is 6.95. The van der Waals surface area contributed by atoms with Gasteiger partial charge in [-0.3, -0.25) is 0 Å². The average molecular weight is 463 g/mol. The quantitative estimate of drug-likeness (QED) is 0.287. The van der Waals surface area contributed by atoms with E-state index in [1.807, 2.05) is 59.1 Å². The lowest BCUT2D eigenvalue weighted by molar-refractivity contribution is 0.782. The second kappa shape index (κ2) is 8.63. The van der Waals surface area contributed by atoms with Crippen LogP contribution in [0.2, 0.25) is 10.0 Å². The van der Waals surface area contributed by atoms with Crippen molar-refractivity contribution in [2.24, 2.45) is 0 Å². The standard InChI is InChI=1S/C24H16Cl2N4S/c25-19-12-13-20(26)18(15-19)11-14-21-29-30-23(27-28-24(30)31-21)22(16-7-3-1-4-8-16)17-9-5-2-6-10-17/h1-15,22H/b14-11+. The zero-order valence-corrected chi connectivity index (χ0v) is 18.5. The van der Waals surface area contributed by atoms with Crippen molar-refractivity contribution in [3.05, 3.63) is 116 Å². The van der Waals surface area contributed by atoms with Crippen LogP contribution < -0.4 is 0 Å². The third-order valence-corrected chi connectivity index (χ3v) is 6.36. The molecule has 0 N–H and O–H groups in total. The van der Waals surface area contributed by atoms with E-state index in [9.17, 15) is 0 Å². The first-order valence-electron chi connectivity index (χ1n) is 9.64. The van der Waals surface area contributed by atoms with E-state index in [0.717, 1.165) is 32.5 Å². The Labute approximate surface area is 193 Å². The Morgan fingerprint density at radius 1 is 0.806 bits per heavy atom. The minimum Gasteiger partial charge on any atom is -0.186 e. The highest BCUT2D eigenvalue weighted by molar-refractivity contribution is 7.17. The molecule has 31 heavy (non-hydrogen) atoms. The fourth-order valence-corrected chi connectivity index (χ4v) is 4.59. The number of hydrogen-bond donors (Lipinski definition) is 0. The van der Waals surface area contributed by atoms with Gasteiger partial charge >= 0.3 is 0 Å². The molecule has 0 aliphatic heterocycles. The monoisotopic (exact) mass is 462 g/mol. The minimum absolute atomic E-state index is 0.0706. The van der Waals surface area contributed by atoms with E-state index >= 15 is 0 Å². The summed E-state index contributed by atoms with van der Waals surface area (Å²) in [4.78, 5) is 0.740. The molecular weight excluding hydrogens is 447 g/mol. The first kappa shape index (κ1) is 19.9. The highest BCUT2D eigenvalue weighted by Crippen LogP contribution is 2.32. The fraction of sp³-hybridized carbons (Fsp3) is 0.0417. The van der Waals surface area contributed by atoms with Gasteiger partial charge in [-0.15, -0.1) is 10.2 Å². The van der Waals surface area contributed by atoms with Crippen LogP contribution in [0.5, 0.6) is 0 Å². The van der Waals surface area contributed by atoms with E-state index in [2.05, 4.69) is 34.5 Å². The summed E-state index contributed by atoms with van der Waals surface area (Å²) in [6, 6.07) is 26.0. The molecule has 7 heteroatoms. The zero-order valence-electron chi connectivity index (χ0n) is 16.2. The maximum absolute atomic E-state index is 6.27. The Balaban J connectivity index is 1.56. The van der Waals surface area contributed by atoms with Crippen LogP contribution >= 0.6 is 34.5 Å². The summed E-state index contributed by atoms with van der Waals surface area (Å²) in [5.74, 6) is 0.711. The Morgan fingerprint density at radius 3 is 2.16 bits per heavy atom. The number of halogens is 2. The number of rotatable bonds is 5. The summed E-state index contributed by atoms with van der Waals surface area (Å²) in [5.41, 5.74) is 3.12. The van der Waals surface area contributed by atoms with Crippen molar-refractivity contribution in [3.8, 4) is 0 Å². The zero-order chi connectivity index (χ0) is 21.2. The number of aromatic nitrogens is 4. The summed E-state index contributed by atoms with van der Waals surface area (Å²) in [6.07, 6.45) is 3.83. The molecule has 4 nitrogen and oxygen atoms in total. The largest absolute Gasteiger partial charge is 0.234 e. The Kier molecular flexibility index (Phi) is 5.55. The molecule has 0 amide bonds. The molecule has 0 aliphatic rings. The summed E-state index contributed by atoms with van der Waals surface area (Å²) < 4.78 is 1.83. The van der Waals surface area contributed by atoms with E-state index < -0.39 is 0 Å². The van der Waals surface area contributed by atoms with Gasteiger partial charge in [0.1, 0.15) is 5.01 Å². The molecule has 0 saturated carbocycles. The molecule has 3 aromatic carbocycles. The van der Waals surface area contributed by atoms with Crippen molar-refractivity contribution in [1.82, 2.24) is 19.8 Å². The van der Waals surface area contributed by atoms with Crippen molar-refractivity contribution in [2.75, 3.05) is 0 Å². The van der Waals surface area contributed by atoms with Crippen LogP contribution in [-0.4, -0.2) is 19.8 Å². The van der Waals surface area contributed by atoms with Crippen molar-refractivity contribution in [1.29, 1.82) is 0 Å². The molecule has 2 aromatic heterocycles. The molecule has 0 radical (unpaired) electrons. The Bertz CT molecular complexity index is 1320. The summed E-state index contributed by atoms with van der Waals surface area (Å²) in [5, 5.41) is 15.7. The van der Waals surface area contributed by atoms with Crippen LogP contribution in [0, 0.1) is 0 Å². The average Bonchev–Trinajstić information content (AvgIpc) is 3.37. The van der Waals surface area contributed by atoms with Crippen LogP contribution in [0.1, 0.15) is 33.4 Å². The van der Waals surface area contributed by atoms with Gasteiger partial charge in [-0.05, 0) is 41.0 Å². The summed E-state index contributed by atoms with van der Waals surface area (Å²) in [6.45, 7) is 0. The van der Waals surface area contributed by atoms with Gasteiger partial charge in [0.05, 0.1) is 5.92 Å². The first-order chi connectivity index (χ1) is 15.2. The van der Waals surface area contributed by atoms with E-state index in [0.29, 0.717) is 10.0 Å². The smallest absolute Gasteiger partial charge is 0.186 e. The lowest BCUT2D eigenvalue weighted by atomic mass is 9.91. The molecule has 0 saturated heterocycles. The number of hydrogen-bond acceptors (Lipinski definition) is 4. The van der Waals surface area contributed by atoms with Gasteiger partial charge in [-0.1, -0.05) is 101 Å². The highest BCUT2D eigenvalue weighted by atomic mass is 35.5. The normalized spacial score (nSPS) is 11.7. The van der Waals surface area contributed by atoms with Gasteiger partial charge in [0.2, 0.25) is 4.96 Å². The number of nitrogens with zero attached hydrogens (tertiary/aromatic N) is 4. The molecule has 0 unspecified atom stereocenters. The van der Waals surface area contributed by atoms with Crippen LogP contribution in [-0.2, 0) is 0 Å². The maximum atomic E-state index is 6.27. The summed E-state index contributed by atoms with van der Waals surface area (Å²) in [7, 11) is 0. The Hall–Kier alpha value is -2.99. The molecule has 5 aromatic rings. The fourth-order valence-electron chi connectivity index (χ4n) is 3.48. The van der Waals surface area contributed by atoms with Gasteiger partial charge in [0.15, 0.2) is 5.82 Å². The second-order valence-corrected chi connectivity index (χ2v) is 8.78. The van der Waals surface area contributed by atoms with Crippen molar-refractivity contribution < 1.29 is 0 Å². The summed E-state index contributed by atoms with van der Waals surface area (Å²) >= 11 is 13.8. The highest BCUT2D eigenvalue weighted by Gasteiger charge is 2.24. The third kappa shape index (κ3) is 4.12. The van der Waals surface area contributed by atoms with Gasteiger partial charge in [0, 0.05) is 10.0 Å². The molecule has 0 bridgehead atoms. The van der Waals surface area contributed by atoms with Gasteiger partial charge in [0.25, 0.3) is 0 Å². The van der Waals surface area contributed by atoms with Crippen LogP contribution in [0.15, 0.2) is 78.9 Å².